The van der Waals surface area contributed by atoms with E-state index in [1.807, 2.05) is 7.05 Å². The van der Waals surface area contributed by atoms with Crippen LogP contribution in [0.4, 0.5) is 5.13 Å². The van der Waals surface area contributed by atoms with Gasteiger partial charge in [-0.25, -0.2) is 13.4 Å². The Balaban J connectivity index is 2.26. The number of nitrogens with two attached hydrogens (primary N) is 1. The van der Waals surface area contributed by atoms with Gasteiger partial charge in [-0.05, 0) is 33.4 Å². The Kier molecular flexibility index (Phi) is 4.14. The topological polar surface area (TPSA) is 79.5 Å². The molecule has 1 aliphatic rings. The standard InChI is InChI=1S/C11H20N4O2S2/c1-8-10(18-11(12)13-8)19(16,17)15(3)9-5-4-6-14(2)7-9/h9H,4-7H2,1-3H3,(H2,12,13). The van der Waals surface area contributed by atoms with E-state index < -0.39 is 10.0 Å². The predicted octanol–water partition coefficient (Wildman–Crippen LogP) is 0.748. The third-order valence-electron chi connectivity index (χ3n) is 3.50. The second-order valence-electron chi connectivity index (χ2n) is 5.00. The highest BCUT2D eigenvalue weighted by molar-refractivity contribution is 7.91. The van der Waals surface area contributed by atoms with Crippen LogP contribution in [0.15, 0.2) is 4.21 Å². The largest absolute Gasteiger partial charge is 0.375 e. The van der Waals surface area contributed by atoms with E-state index in [9.17, 15) is 8.42 Å². The smallest absolute Gasteiger partial charge is 0.254 e. The summed E-state index contributed by atoms with van der Waals surface area (Å²) in [4.78, 5) is 6.16. The molecule has 108 valence electrons. The van der Waals surface area contributed by atoms with Crippen molar-refractivity contribution in [3.8, 4) is 0 Å². The summed E-state index contributed by atoms with van der Waals surface area (Å²) in [6.07, 6.45) is 1.91. The van der Waals surface area contributed by atoms with Gasteiger partial charge in [0.2, 0.25) is 0 Å². The van der Waals surface area contributed by atoms with Gasteiger partial charge in [-0.1, -0.05) is 11.3 Å². The predicted molar refractivity (Wildman–Crippen MR) is 76.7 cm³/mol. The first-order chi connectivity index (χ1) is 8.82. The Hall–Kier alpha value is -0.700. The van der Waals surface area contributed by atoms with E-state index in [4.69, 9.17) is 5.73 Å². The second-order valence-corrected chi connectivity index (χ2v) is 8.23. The number of nitrogens with zero attached hydrogens (tertiary/aromatic N) is 3. The maximum Gasteiger partial charge on any atom is 0.254 e. The number of nitrogen functional groups attached to an aromatic ring is 1. The lowest BCUT2D eigenvalue weighted by molar-refractivity contribution is 0.188. The van der Waals surface area contributed by atoms with Crippen molar-refractivity contribution in [2.75, 3.05) is 32.9 Å². The van der Waals surface area contributed by atoms with Crippen molar-refractivity contribution in [1.29, 1.82) is 0 Å². The molecule has 1 unspecified atom stereocenters. The van der Waals surface area contributed by atoms with Crippen LogP contribution in [0.2, 0.25) is 0 Å². The van der Waals surface area contributed by atoms with E-state index in [1.54, 1.807) is 14.0 Å². The van der Waals surface area contributed by atoms with Crippen molar-refractivity contribution in [2.24, 2.45) is 0 Å². The van der Waals surface area contributed by atoms with Gasteiger partial charge in [0.1, 0.15) is 0 Å². The Morgan fingerprint density at radius 2 is 2.21 bits per heavy atom. The summed E-state index contributed by atoms with van der Waals surface area (Å²) < 4.78 is 26.9. The first-order valence-corrected chi connectivity index (χ1v) is 8.47. The van der Waals surface area contributed by atoms with Crippen LogP contribution < -0.4 is 5.73 Å². The number of hydrogen-bond donors (Lipinski definition) is 1. The van der Waals surface area contributed by atoms with Crippen molar-refractivity contribution in [2.45, 2.75) is 30.0 Å². The average molecular weight is 304 g/mol. The van der Waals surface area contributed by atoms with E-state index in [0.29, 0.717) is 10.8 Å². The molecule has 1 saturated heterocycles. The van der Waals surface area contributed by atoms with Crippen LogP contribution in [-0.2, 0) is 10.0 Å². The second kappa shape index (κ2) is 5.35. The van der Waals surface area contributed by atoms with Gasteiger partial charge in [0.15, 0.2) is 9.34 Å². The molecule has 0 saturated carbocycles. The van der Waals surface area contributed by atoms with Crippen LogP contribution in [0.3, 0.4) is 0 Å². The van der Waals surface area contributed by atoms with Crippen LogP contribution in [0.5, 0.6) is 0 Å². The molecule has 1 aliphatic heterocycles. The molecule has 1 aromatic heterocycles. The number of aromatic nitrogens is 1. The van der Waals surface area contributed by atoms with Crippen molar-refractivity contribution in [1.82, 2.24) is 14.2 Å². The molecule has 0 aromatic carbocycles. The Morgan fingerprint density at radius 1 is 1.53 bits per heavy atom. The first kappa shape index (κ1) is 14.7. The third-order valence-corrected chi connectivity index (χ3v) is 6.98. The normalized spacial score (nSPS) is 22.0. The van der Waals surface area contributed by atoms with Crippen LogP contribution in [0.25, 0.3) is 0 Å². The molecule has 8 heteroatoms. The number of likely N-dealkylation sites (tertiary alicyclic amines) is 1. The molecule has 2 rings (SSSR count). The fourth-order valence-electron chi connectivity index (χ4n) is 2.40. The van der Waals surface area contributed by atoms with Gasteiger partial charge >= 0.3 is 0 Å². The minimum Gasteiger partial charge on any atom is -0.375 e. The number of thiazole rings is 1. The summed E-state index contributed by atoms with van der Waals surface area (Å²) in [7, 11) is 0.175. The molecule has 0 spiro atoms. The fraction of sp³-hybridized carbons (Fsp3) is 0.727. The van der Waals surface area contributed by atoms with Crippen LogP contribution in [-0.4, -0.2) is 55.8 Å². The SMILES string of the molecule is Cc1nc(N)sc1S(=O)(=O)N(C)C1CCCN(C)C1. The summed E-state index contributed by atoms with van der Waals surface area (Å²) in [6.45, 7) is 3.47. The van der Waals surface area contributed by atoms with Crippen molar-refractivity contribution in [3.63, 3.8) is 0 Å². The monoisotopic (exact) mass is 304 g/mol. The average Bonchev–Trinajstić information content (AvgIpc) is 2.68. The van der Waals surface area contributed by atoms with Crippen LogP contribution in [0, 0.1) is 6.92 Å². The quantitative estimate of drug-likeness (QED) is 0.891. The van der Waals surface area contributed by atoms with Crippen molar-refractivity contribution in [3.05, 3.63) is 5.69 Å². The number of piperidine rings is 1. The molecule has 1 fully saturated rings. The zero-order valence-electron chi connectivity index (χ0n) is 11.5. The third kappa shape index (κ3) is 2.91. The molecule has 19 heavy (non-hydrogen) atoms. The number of anilines is 1. The van der Waals surface area contributed by atoms with Gasteiger partial charge in [-0.2, -0.15) is 4.31 Å². The lowest BCUT2D eigenvalue weighted by atomic mass is 10.1. The maximum atomic E-state index is 12.6. The number of rotatable bonds is 3. The van der Waals surface area contributed by atoms with Crippen LogP contribution >= 0.6 is 11.3 Å². The molecule has 1 atom stereocenters. The Labute approximate surface area is 118 Å². The Morgan fingerprint density at radius 3 is 2.74 bits per heavy atom. The van der Waals surface area contributed by atoms with E-state index in [-0.39, 0.29) is 10.3 Å². The molecule has 2 heterocycles. The molecule has 0 aliphatic carbocycles. The number of aryl methyl sites for hydroxylation is 1. The summed E-state index contributed by atoms with van der Waals surface area (Å²) in [5, 5.41) is 0.297. The van der Waals surface area contributed by atoms with Gasteiger partial charge in [0.05, 0.1) is 5.69 Å². The molecule has 0 bridgehead atoms. The summed E-state index contributed by atoms with van der Waals surface area (Å²) in [5.41, 5.74) is 6.08. The van der Waals surface area contributed by atoms with E-state index >= 15 is 0 Å². The van der Waals surface area contributed by atoms with E-state index in [2.05, 4.69) is 9.88 Å². The highest BCUT2D eigenvalue weighted by atomic mass is 32.2. The molecule has 0 amide bonds. The molecule has 6 nitrogen and oxygen atoms in total. The molecule has 0 radical (unpaired) electrons. The van der Waals surface area contributed by atoms with E-state index in [1.165, 1.54) is 4.31 Å². The highest BCUT2D eigenvalue weighted by Crippen LogP contribution is 2.29. The van der Waals surface area contributed by atoms with E-state index in [0.717, 1.165) is 37.3 Å². The summed E-state index contributed by atoms with van der Waals surface area (Å²) in [6, 6.07) is 0.0199. The minimum absolute atomic E-state index is 0.0199. The van der Waals surface area contributed by atoms with Gasteiger partial charge < -0.3 is 10.6 Å². The lowest BCUT2D eigenvalue weighted by Gasteiger charge is -2.34. The van der Waals surface area contributed by atoms with Crippen LogP contribution in [0.1, 0.15) is 18.5 Å². The zero-order valence-corrected chi connectivity index (χ0v) is 13.1. The number of sulfonamides is 1. The number of likely N-dealkylation sites (N-methyl/N-ethyl adjacent to an activating group) is 2. The summed E-state index contributed by atoms with van der Waals surface area (Å²) >= 11 is 1.04. The van der Waals surface area contributed by atoms with Crippen molar-refractivity contribution >= 4 is 26.5 Å². The Bertz CT molecular complexity index is 555. The molecule has 1 aromatic rings. The highest BCUT2D eigenvalue weighted by Gasteiger charge is 2.33. The molecular formula is C11H20N4O2S2. The number of hydrogen-bond acceptors (Lipinski definition) is 6. The van der Waals surface area contributed by atoms with Gasteiger partial charge in [-0.3, -0.25) is 0 Å². The zero-order chi connectivity index (χ0) is 14.2. The van der Waals surface area contributed by atoms with Crippen molar-refractivity contribution < 1.29 is 8.42 Å². The maximum absolute atomic E-state index is 12.6. The van der Waals surface area contributed by atoms with Gasteiger partial charge in [0.25, 0.3) is 10.0 Å². The summed E-state index contributed by atoms with van der Waals surface area (Å²) in [5.74, 6) is 0. The minimum atomic E-state index is -3.49. The first-order valence-electron chi connectivity index (χ1n) is 6.22. The van der Waals surface area contributed by atoms with Gasteiger partial charge in [0, 0.05) is 19.6 Å². The fourth-order valence-corrected chi connectivity index (χ4v) is 5.25. The van der Waals surface area contributed by atoms with Gasteiger partial charge in [-0.15, -0.1) is 0 Å². The molecular weight excluding hydrogens is 284 g/mol. The molecule has 2 N–H and O–H groups in total. The lowest BCUT2D eigenvalue weighted by Crippen LogP contribution is -2.47.